The van der Waals surface area contributed by atoms with E-state index < -0.39 is 35.7 Å². The van der Waals surface area contributed by atoms with Gasteiger partial charge < -0.3 is 25.4 Å². The zero-order chi connectivity index (χ0) is 24.3. The summed E-state index contributed by atoms with van der Waals surface area (Å²) in [6.45, 7) is 0.609. The second-order valence-electron chi connectivity index (χ2n) is 8.19. The van der Waals surface area contributed by atoms with Crippen molar-refractivity contribution in [3.63, 3.8) is 0 Å². The second kappa shape index (κ2) is 10.3. The molecule has 180 valence electrons. The lowest BCUT2D eigenvalue weighted by atomic mass is 9.75. The highest BCUT2D eigenvalue weighted by Crippen LogP contribution is 2.45. The number of carbonyl (C=O) groups excluding carboxylic acids is 1. The number of aromatic nitrogens is 1. The number of halogens is 3. The van der Waals surface area contributed by atoms with Crippen molar-refractivity contribution in [2.45, 2.75) is 24.4 Å². The molecule has 10 heteroatoms. The third kappa shape index (κ3) is 4.76. The maximum absolute atomic E-state index is 14.0. The lowest BCUT2D eigenvalue weighted by Crippen LogP contribution is -2.47. The van der Waals surface area contributed by atoms with E-state index in [1.54, 1.807) is 0 Å². The molecular weight excluding hydrogens is 512 g/mol. The van der Waals surface area contributed by atoms with Crippen LogP contribution < -0.4 is 10.6 Å². The minimum Gasteiger partial charge on any atom is -0.387 e. The Hall–Kier alpha value is -2.66. The van der Waals surface area contributed by atoms with Gasteiger partial charge in [-0.25, -0.2) is 8.78 Å². The molecule has 1 amide bonds. The number of nitrogens with zero attached hydrogens (tertiary/aromatic N) is 1. The summed E-state index contributed by atoms with van der Waals surface area (Å²) < 4.78 is 33.7. The molecule has 0 bridgehead atoms. The molecule has 1 saturated heterocycles. The summed E-state index contributed by atoms with van der Waals surface area (Å²) in [6, 6.07) is 10.9. The van der Waals surface area contributed by atoms with Crippen molar-refractivity contribution < 1.29 is 28.3 Å². The highest BCUT2D eigenvalue weighted by molar-refractivity contribution is 9.10. The number of amides is 1. The molecule has 7 nitrogen and oxygen atoms in total. The van der Waals surface area contributed by atoms with Crippen molar-refractivity contribution in [1.29, 1.82) is 0 Å². The van der Waals surface area contributed by atoms with Crippen molar-refractivity contribution in [2.75, 3.05) is 26.2 Å². The lowest BCUT2D eigenvalue weighted by molar-refractivity contribution is -0.123. The number of aliphatic hydroxyl groups excluding tert-OH is 1. The van der Waals surface area contributed by atoms with Crippen LogP contribution in [0, 0.1) is 11.6 Å². The maximum Gasteiger partial charge on any atom is 0.245 e. The molecule has 4 N–H and O–H groups in total. The van der Waals surface area contributed by atoms with E-state index in [9.17, 15) is 18.7 Å². The van der Waals surface area contributed by atoms with Gasteiger partial charge in [-0.15, -0.1) is 0 Å². The van der Waals surface area contributed by atoms with Gasteiger partial charge in [0.25, 0.3) is 0 Å². The number of hydrogen-bond donors (Lipinski definition) is 4. The fraction of sp³-hybridized carbons (Fsp3) is 0.333. The van der Waals surface area contributed by atoms with Gasteiger partial charge in [-0.1, -0.05) is 35.5 Å². The number of aliphatic hydroxyl groups is 2. The zero-order valence-electron chi connectivity index (χ0n) is 18.2. The quantitative estimate of drug-likeness (QED) is 0.370. The maximum atomic E-state index is 14.0. The Morgan fingerprint density at radius 1 is 1.26 bits per heavy atom. The van der Waals surface area contributed by atoms with E-state index in [1.165, 1.54) is 6.07 Å². The molecule has 34 heavy (non-hydrogen) atoms. The van der Waals surface area contributed by atoms with Crippen LogP contribution in [0.3, 0.4) is 0 Å². The van der Waals surface area contributed by atoms with E-state index in [4.69, 9.17) is 9.63 Å². The van der Waals surface area contributed by atoms with Gasteiger partial charge in [-0.2, -0.15) is 0 Å². The van der Waals surface area contributed by atoms with Gasteiger partial charge in [0.2, 0.25) is 5.91 Å². The average Bonchev–Trinajstić information content (AvgIpc) is 3.22. The Morgan fingerprint density at radius 2 is 2.06 bits per heavy atom. The first-order valence-electron chi connectivity index (χ1n) is 10.8. The summed E-state index contributed by atoms with van der Waals surface area (Å²) in [5.41, 5.74) is 0.894. The Bertz CT molecular complexity index is 1190. The van der Waals surface area contributed by atoms with Crippen LogP contribution in [0.4, 0.5) is 8.78 Å². The van der Waals surface area contributed by atoms with Crippen molar-refractivity contribution in [3.05, 3.63) is 75.4 Å². The number of piperidine rings is 1. The van der Waals surface area contributed by atoms with Gasteiger partial charge in [-0.05, 0) is 58.6 Å². The summed E-state index contributed by atoms with van der Waals surface area (Å²) in [7, 11) is 0. The van der Waals surface area contributed by atoms with Gasteiger partial charge in [0.1, 0.15) is 17.9 Å². The first-order valence-corrected chi connectivity index (χ1v) is 11.6. The smallest absolute Gasteiger partial charge is 0.245 e. The summed E-state index contributed by atoms with van der Waals surface area (Å²) >= 11 is 3.58. The van der Waals surface area contributed by atoms with Crippen LogP contribution in [-0.2, 0) is 16.8 Å². The number of hydrogen-bond acceptors (Lipinski definition) is 6. The lowest BCUT2D eigenvalue weighted by Gasteiger charge is -2.40. The summed E-state index contributed by atoms with van der Waals surface area (Å²) in [4.78, 5) is 11.3. The molecule has 0 radical (unpaired) electrons. The topological polar surface area (TPSA) is 108 Å². The molecule has 2 atom stereocenters. The van der Waals surface area contributed by atoms with Gasteiger partial charge in [0, 0.05) is 18.7 Å². The summed E-state index contributed by atoms with van der Waals surface area (Å²) in [5, 5.41) is 30.6. The van der Waals surface area contributed by atoms with Crippen LogP contribution in [0.25, 0.3) is 11.3 Å². The number of nitrogens with one attached hydrogen (secondary N) is 2. The number of carbonyl (C=O) groups is 1. The molecule has 1 aromatic heterocycles. The summed E-state index contributed by atoms with van der Waals surface area (Å²) in [6.07, 6.45) is 0.771. The monoisotopic (exact) mass is 535 g/mol. The molecule has 4 rings (SSSR count). The second-order valence-corrected chi connectivity index (χ2v) is 8.98. The number of rotatable bonds is 7. The minimum atomic E-state index is -1.48. The Balaban J connectivity index is 1.67. The first kappa shape index (κ1) is 24.5. The zero-order valence-corrected chi connectivity index (χ0v) is 19.7. The average molecular weight is 536 g/mol. The molecule has 0 unspecified atom stereocenters. The highest BCUT2D eigenvalue weighted by Gasteiger charge is 2.44. The fourth-order valence-corrected chi connectivity index (χ4v) is 4.96. The molecule has 1 aliphatic rings. The standard InChI is InChI=1S/C24H24BrF2N3O4/c25-21-22(17-12-28-10-8-24(17,33)15-5-6-18(26)19(27)11-15)30-34-23(21)16-4-2-1-3-14(16)7-9-29-20(32)13-31/h1-6,11,17,28,31,33H,7-10,12-13H2,(H,29,32)/t17-,24+/m1/s1. The Labute approximate surface area is 203 Å². The van der Waals surface area contributed by atoms with Crippen LogP contribution >= 0.6 is 15.9 Å². The third-order valence-corrected chi connectivity index (χ3v) is 6.91. The van der Waals surface area contributed by atoms with Crippen LogP contribution in [0.2, 0.25) is 0 Å². The van der Waals surface area contributed by atoms with Crippen molar-refractivity contribution in [1.82, 2.24) is 15.8 Å². The molecular formula is C24H24BrF2N3O4. The first-order chi connectivity index (χ1) is 16.3. The van der Waals surface area contributed by atoms with Gasteiger partial charge in [-0.3, -0.25) is 4.79 Å². The van der Waals surface area contributed by atoms with E-state index in [-0.39, 0.29) is 12.0 Å². The highest BCUT2D eigenvalue weighted by atomic mass is 79.9. The molecule has 0 spiro atoms. The van der Waals surface area contributed by atoms with E-state index in [0.717, 1.165) is 23.3 Å². The molecule has 2 aromatic carbocycles. The normalized spacial score (nSPS) is 20.3. The molecule has 1 aliphatic heterocycles. The molecule has 0 saturated carbocycles. The molecule has 3 aromatic rings. The van der Waals surface area contributed by atoms with E-state index in [0.29, 0.717) is 42.0 Å². The van der Waals surface area contributed by atoms with Crippen LogP contribution in [0.1, 0.15) is 29.2 Å². The van der Waals surface area contributed by atoms with Crippen LogP contribution in [-0.4, -0.2) is 47.5 Å². The van der Waals surface area contributed by atoms with Gasteiger partial charge >= 0.3 is 0 Å². The minimum absolute atomic E-state index is 0.273. The number of benzene rings is 2. The molecule has 2 heterocycles. The predicted octanol–water partition coefficient (Wildman–Crippen LogP) is 3.00. The Morgan fingerprint density at radius 3 is 2.82 bits per heavy atom. The van der Waals surface area contributed by atoms with Gasteiger partial charge in [0.05, 0.1) is 10.4 Å². The third-order valence-electron chi connectivity index (χ3n) is 6.14. The fourth-order valence-electron chi connectivity index (χ4n) is 4.33. The van der Waals surface area contributed by atoms with Gasteiger partial charge in [0.15, 0.2) is 17.4 Å². The molecule has 0 aliphatic carbocycles. The van der Waals surface area contributed by atoms with E-state index in [2.05, 4.69) is 31.7 Å². The Kier molecular flexibility index (Phi) is 7.42. The van der Waals surface area contributed by atoms with Crippen LogP contribution in [0.5, 0.6) is 0 Å². The SMILES string of the molecule is O=C(CO)NCCc1ccccc1-c1onc([C@H]2CNCC[C@]2(O)c2ccc(F)c(F)c2)c1Br. The largest absolute Gasteiger partial charge is 0.387 e. The molecule has 1 fully saturated rings. The van der Waals surface area contributed by atoms with Crippen molar-refractivity contribution >= 4 is 21.8 Å². The predicted molar refractivity (Wildman–Crippen MR) is 124 cm³/mol. The van der Waals surface area contributed by atoms with Crippen LogP contribution in [0.15, 0.2) is 51.5 Å². The van der Waals surface area contributed by atoms with E-state index >= 15 is 0 Å². The van der Waals surface area contributed by atoms with Crippen molar-refractivity contribution in [2.24, 2.45) is 0 Å². The van der Waals surface area contributed by atoms with Crippen molar-refractivity contribution in [3.8, 4) is 11.3 Å². The van der Waals surface area contributed by atoms with E-state index in [1.807, 2.05) is 24.3 Å². The summed E-state index contributed by atoms with van der Waals surface area (Å²) in [5.74, 6) is -2.59.